The highest BCUT2D eigenvalue weighted by atomic mass is 19.2. The van der Waals surface area contributed by atoms with Gasteiger partial charge < -0.3 is 9.47 Å². The number of unbranched alkanes of at least 4 members (excludes halogenated alkanes) is 8. The number of carbonyl (C=O) groups is 1. The van der Waals surface area contributed by atoms with Gasteiger partial charge in [-0.1, -0.05) is 95.9 Å². The lowest BCUT2D eigenvalue weighted by Crippen LogP contribution is -2.28. The Labute approximate surface area is 238 Å². The van der Waals surface area contributed by atoms with E-state index in [1.165, 1.54) is 38.2 Å². The Morgan fingerprint density at radius 3 is 2.08 bits per heavy atom. The molecule has 6 heteroatoms. The molecular formula is C34H47F3O3. The Bertz CT molecular complexity index is 1020. The number of rotatable bonds is 17. The van der Waals surface area contributed by atoms with Gasteiger partial charge in [-0.2, -0.15) is 4.39 Å². The predicted octanol–water partition coefficient (Wildman–Crippen LogP) is 10.2. The molecule has 0 bridgehead atoms. The van der Waals surface area contributed by atoms with Gasteiger partial charge in [-0.05, 0) is 67.7 Å². The monoisotopic (exact) mass is 560 g/mol. The van der Waals surface area contributed by atoms with Crippen LogP contribution in [0.15, 0.2) is 36.4 Å². The molecule has 3 rings (SSSR count). The maximum atomic E-state index is 14.9. The lowest BCUT2D eigenvalue weighted by Gasteiger charge is -2.29. The number of alkyl halides is 1. The van der Waals surface area contributed by atoms with E-state index in [-0.39, 0.29) is 23.8 Å². The smallest absolute Gasteiger partial charge is 0.340 e. The van der Waals surface area contributed by atoms with Crippen LogP contribution in [0.4, 0.5) is 13.2 Å². The summed E-state index contributed by atoms with van der Waals surface area (Å²) in [6, 6.07) is 10.6. The minimum Gasteiger partial charge on any atom is -0.490 e. The maximum Gasteiger partial charge on any atom is 0.340 e. The van der Waals surface area contributed by atoms with Crippen molar-refractivity contribution in [2.45, 2.75) is 128 Å². The second-order valence-corrected chi connectivity index (χ2v) is 11.2. The highest BCUT2D eigenvalue weighted by Gasteiger charge is 2.28. The molecule has 1 atom stereocenters. The maximum absolute atomic E-state index is 14.9. The summed E-state index contributed by atoms with van der Waals surface area (Å²) < 4.78 is 54.6. The first-order valence-electron chi connectivity index (χ1n) is 15.5. The van der Waals surface area contributed by atoms with E-state index < -0.39 is 23.8 Å². The molecule has 40 heavy (non-hydrogen) atoms. The van der Waals surface area contributed by atoms with E-state index in [0.717, 1.165) is 44.1 Å². The van der Waals surface area contributed by atoms with Crippen LogP contribution in [0.5, 0.6) is 5.75 Å². The van der Waals surface area contributed by atoms with Crippen molar-refractivity contribution in [3.8, 4) is 16.9 Å². The summed E-state index contributed by atoms with van der Waals surface area (Å²) in [5.74, 6) is -2.32. The Morgan fingerprint density at radius 2 is 1.43 bits per heavy atom. The van der Waals surface area contributed by atoms with Crippen molar-refractivity contribution in [1.82, 2.24) is 0 Å². The molecule has 0 heterocycles. The number of ether oxygens (including phenoxy) is 2. The highest BCUT2D eigenvalue weighted by Crippen LogP contribution is 2.36. The van der Waals surface area contributed by atoms with Gasteiger partial charge in [0, 0.05) is 5.56 Å². The predicted molar refractivity (Wildman–Crippen MR) is 155 cm³/mol. The van der Waals surface area contributed by atoms with Gasteiger partial charge in [0.2, 0.25) is 5.82 Å². The summed E-state index contributed by atoms with van der Waals surface area (Å²) in [6.45, 7) is 4.55. The van der Waals surface area contributed by atoms with Crippen LogP contribution in [0.3, 0.4) is 0 Å². The molecule has 3 nitrogen and oxygen atoms in total. The second-order valence-electron chi connectivity index (χ2n) is 11.2. The molecule has 0 saturated heterocycles. The highest BCUT2D eigenvalue weighted by molar-refractivity contribution is 5.74. The van der Waals surface area contributed by atoms with Gasteiger partial charge in [-0.25, -0.2) is 13.6 Å². The molecule has 1 aliphatic rings. The second kappa shape index (κ2) is 17.3. The largest absolute Gasteiger partial charge is 0.490 e. The summed E-state index contributed by atoms with van der Waals surface area (Å²) in [4.78, 5) is 12.0. The zero-order valence-corrected chi connectivity index (χ0v) is 24.4. The van der Waals surface area contributed by atoms with Gasteiger partial charge in [0.1, 0.15) is 6.10 Å². The quantitative estimate of drug-likeness (QED) is 0.143. The molecule has 2 aromatic carbocycles. The van der Waals surface area contributed by atoms with Crippen molar-refractivity contribution in [3.63, 3.8) is 0 Å². The molecule has 0 amide bonds. The number of halogens is 3. The molecule has 1 fully saturated rings. The molecule has 2 aromatic rings. The lowest BCUT2D eigenvalue weighted by molar-refractivity contribution is -0.157. The number of carbonyl (C=O) groups excluding carboxylic acids is 1. The van der Waals surface area contributed by atoms with Gasteiger partial charge >= 0.3 is 5.97 Å². The first-order valence-corrected chi connectivity index (χ1v) is 15.5. The minimum atomic E-state index is -1.54. The fraction of sp³-hybridized carbons (Fsp3) is 0.618. The molecule has 0 N–H and O–H groups in total. The fourth-order valence-electron chi connectivity index (χ4n) is 5.47. The lowest BCUT2D eigenvalue weighted by atomic mass is 9.82. The van der Waals surface area contributed by atoms with Crippen LogP contribution >= 0.6 is 0 Å². The molecular weight excluding hydrogens is 513 g/mol. The molecule has 0 radical (unpaired) electrons. The number of hydrogen-bond acceptors (Lipinski definition) is 3. The fourth-order valence-corrected chi connectivity index (χ4v) is 5.47. The van der Waals surface area contributed by atoms with E-state index in [1.807, 2.05) is 31.2 Å². The van der Waals surface area contributed by atoms with E-state index in [9.17, 15) is 18.0 Å². The van der Waals surface area contributed by atoms with Gasteiger partial charge in [0.05, 0.1) is 6.61 Å². The third kappa shape index (κ3) is 9.85. The summed E-state index contributed by atoms with van der Waals surface area (Å²) >= 11 is 0. The molecule has 222 valence electrons. The molecule has 0 unspecified atom stereocenters. The summed E-state index contributed by atoms with van der Waals surface area (Å²) in [6.07, 6.45) is 12.3. The summed E-state index contributed by atoms with van der Waals surface area (Å²) in [5, 5.41) is 0. The van der Waals surface area contributed by atoms with Crippen LogP contribution in [0.25, 0.3) is 11.1 Å². The Morgan fingerprint density at radius 1 is 0.800 bits per heavy atom. The molecule has 1 saturated carbocycles. The van der Waals surface area contributed by atoms with Crippen LogP contribution in [-0.2, 0) is 9.53 Å². The third-order valence-corrected chi connectivity index (χ3v) is 8.02. The van der Waals surface area contributed by atoms with Crippen LogP contribution in [0.2, 0.25) is 0 Å². The SMILES string of the molecule is CCCCCCCCCCOc1ccc(-c2ccc(C3CCC(OC(=O)[C@@H](F)CCCC)CC3)cc2)c(F)c1F. The average molecular weight is 561 g/mol. The van der Waals surface area contributed by atoms with Gasteiger partial charge in [0.15, 0.2) is 17.7 Å². The summed E-state index contributed by atoms with van der Waals surface area (Å²) in [7, 11) is 0. The standard InChI is InChI=1S/C34H47F3O3/c1-3-5-7-8-9-10-11-12-24-39-31-23-22-29(32(36)33(31)37)27-16-14-25(15-17-27)26-18-20-28(21-19-26)40-34(38)30(35)13-6-4-2/h14-17,22-23,26,28,30H,3-13,18-21,24H2,1-2H3/t26?,28?,30-/m0/s1. The van der Waals surface area contributed by atoms with Crippen LogP contribution in [-0.4, -0.2) is 24.9 Å². The first kappa shape index (κ1) is 32.0. The van der Waals surface area contributed by atoms with E-state index in [1.54, 1.807) is 6.07 Å². The van der Waals surface area contributed by atoms with Crippen LogP contribution < -0.4 is 4.74 Å². The van der Waals surface area contributed by atoms with Gasteiger partial charge in [-0.3, -0.25) is 0 Å². The Balaban J connectivity index is 1.45. The first-order chi connectivity index (χ1) is 19.4. The van der Waals surface area contributed by atoms with Crippen molar-refractivity contribution >= 4 is 5.97 Å². The van der Waals surface area contributed by atoms with Crippen molar-refractivity contribution in [3.05, 3.63) is 53.6 Å². The Kier molecular flexibility index (Phi) is 13.9. The third-order valence-electron chi connectivity index (χ3n) is 8.02. The van der Waals surface area contributed by atoms with Crippen molar-refractivity contribution in [2.75, 3.05) is 6.61 Å². The topological polar surface area (TPSA) is 35.5 Å². The van der Waals surface area contributed by atoms with E-state index in [4.69, 9.17) is 9.47 Å². The molecule has 0 aromatic heterocycles. The van der Waals surface area contributed by atoms with Gasteiger partial charge in [-0.15, -0.1) is 0 Å². The number of benzene rings is 2. The normalized spacial score (nSPS) is 17.9. The zero-order chi connectivity index (χ0) is 28.7. The van der Waals surface area contributed by atoms with Crippen LogP contribution in [0, 0.1) is 11.6 Å². The minimum absolute atomic E-state index is 0.0391. The number of esters is 1. The average Bonchev–Trinajstić information content (AvgIpc) is 2.97. The molecule has 0 spiro atoms. The molecule has 0 aliphatic heterocycles. The molecule has 1 aliphatic carbocycles. The summed E-state index contributed by atoms with van der Waals surface area (Å²) in [5.41, 5.74) is 1.94. The van der Waals surface area contributed by atoms with E-state index in [0.29, 0.717) is 37.4 Å². The van der Waals surface area contributed by atoms with E-state index >= 15 is 0 Å². The number of hydrogen-bond donors (Lipinski definition) is 0. The zero-order valence-electron chi connectivity index (χ0n) is 24.4. The van der Waals surface area contributed by atoms with E-state index in [2.05, 4.69) is 6.92 Å². The van der Waals surface area contributed by atoms with Crippen molar-refractivity contribution < 1.29 is 27.4 Å². The van der Waals surface area contributed by atoms with Crippen LogP contribution in [0.1, 0.15) is 122 Å². The van der Waals surface area contributed by atoms with Crippen molar-refractivity contribution in [1.29, 1.82) is 0 Å². The Hall–Kier alpha value is -2.50. The van der Waals surface area contributed by atoms with Gasteiger partial charge in [0.25, 0.3) is 0 Å². The van der Waals surface area contributed by atoms with Crippen molar-refractivity contribution in [2.24, 2.45) is 0 Å².